The first kappa shape index (κ1) is 29.4. The molecule has 164 valence electrons. The molecule has 1 rings (SSSR count). The van der Waals surface area contributed by atoms with Crippen molar-refractivity contribution >= 4 is 52.4 Å². The summed E-state index contributed by atoms with van der Waals surface area (Å²) < 4.78 is 3.90. The second kappa shape index (κ2) is 15.1. The number of Topliss-reactive ketones (excluding diaryl/α,β-unsaturated/α-hetero) is 1. The van der Waals surface area contributed by atoms with E-state index in [-0.39, 0.29) is 36.5 Å². The first-order chi connectivity index (χ1) is 13.0. The Hall–Kier alpha value is -0.780. The van der Waals surface area contributed by atoms with Crippen molar-refractivity contribution in [1.82, 2.24) is 4.90 Å². The van der Waals surface area contributed by atoms with Gasteiger partial charge in [-0.3, -0.25) is 19.3 Å². The molecule has 0 bridgehead atoms. The monoisotopic (exact) mass is 457 g/mol. The highest BCUT2D eigenvalue weighted by molar-refractivity contribution is 6.67. The number of halogens is 3. The van der Waals surface area contributed by atoms with E-state index in [1.807, 2.05) is 34.6 Å². The van der Waals surface area contributed by atoms with E-state index >= 15 is 0 Å². The molecule has 1 unspecified atom stereocenters. The number of rotatable bonds is 7. The van der Waals surface area contributed by atoms with Crippen LogP contribution >= 0.6 is 34.8 Å². The van der Waals surface area contributed by atoms with Crippen LogP contribution in [0.25, 0.3) is 0 Å². The van der Waals surface area contributed by atoms with Gasteiger partial charge in [-0.2, -0.15) is 0 Å². The minimum Gasteiger partial charge on any atom is -0.499 e. The third kappa shape index (κ3) is 11.3. The van der Waals surface area contributed by atoms with Crippen molar-refractivity contribution in [3.05, 3.63) is 11.8 Å². The van der Waals surface area contributed by atoms with Gasteiger partial charge in [0.1, 0.15) is 11.5 Å². The van der Waals surface area contributed by atoms with Crippen LogP contribution < -0.4 is 0 Å². The molecule has 0 saturated carbocycles. The Morgan fingerprint density at radius 1 is 1.21 bits per heavy atom. The average molecular weight is 459 g/mol. The van der Waals surface area contributed by atoms with Gasteiger partial charge in [0, 0.05) is 30.8 Å². The summed E-state index contributed by atoms with van der Waals surface area (Å²) >= 11 is 16.2. The molecule has 0 N–H and O–H groups in total. The maximum atomic E-state index is 12.3. The summed E-state index contributed by atoms with van der Waals surface area (Å²) in [6, 6.07) is 0. The first-order valence-electron chi connectivity index (χ1n) is 9.66. The standard InChI is InChI=1S/C14H21NO4.C4H7Cl3.C2H6/c1-4-6-10(7-11(16)5-2)14(18)15-9-12(19-3)8-13(15)17;1-3(2)4(5,6)7;1-2/h8,10H,4-7,9H2,1-3H3;3H,1-2H3;1-2H3. The molecule has 0 radical (unpaired) electrons. The molecule has 5 nitrogen and oxygen atoms in total. The third-order valence-corrected chi connectivity index (χ3v) is 5.21. The van der Waals surface area contributed by atoms with E-state index in [9.17, 15) is 14.4 Å². The summed E-state index contributed by atoms with van der Waals surface area (Å²) in [5, 5.41) is 0. The fourth-order valence-corrected chi connectivity index (χ4v) is 2.11. The number of ether oxygens (including phenoxy) is 1. The van der Waals surface area contributed by atoms with Crippen molar-refractivity contribution in [2.45, 2.75) is 71.0 Å². The number of hydrogen-bond donors (Lipinski definition) is 0. The van der Waals surface area contributed by atoms with E-state index in [4.69, 9.17) is 39.5 Å². The van der Waals surface area contributed by atoms with E-state index < -0.39 is 9.71 Å². The number of carbonyl (C=O) groups is 3. The zero-order valence-corrected chi connectivity index (χ0v) is 20.2. The lowest BCUT2D eigenvalue weighted by atomic mass is 9.95. The number of nitrogens with zero attached hydrogens (tertiary/aromatic N) is 1. The fourth-order valence-electron chi connectivity index (χ4n) is 2.11. The van der Waals surface area contributed by atoms with E-state index in [0.717, 1.165) is 6.42 Å². The van der Waals surface area contributed by atoms with Crippen LogP contribution in [0.3, 0.4) is 0 Å². The minimum absolute atomic E-state index is 0.0540. The van der Waals surface area contributed by atoms with Crippen LogP contribution in [0.1, 0.15) is 67.2 Å². The van der Waals surface area contributed by atoms with Crippen LogP contribution in [0.4, 0.5) is 0 Å². The van der Waals surface area contributed by atoms with E-state index in [1.165, 1.54) is 18.1 Å². The zero-order chi connectivity index (χ0) is 22.5. The molecule has 0 fully saturated rings. The smallest absolute Gasteiger partial charge is 0.257 e. The van der Waals surface area contributed by atoms with Gasteiger partial charge >= 0.3 is 0 Å². The van der Waals surface area contributed by atoms with Gasteiger partial charge in [0.2, 0.25) is 5.91 Å². The lowest BCUT2D eigenvalue weighted by Crippen LogP contribution is -2.38. The second-order valence-corrected chi connectivity index (χ2v) is 8.72. The molecule has 1 aliphatic rings. The number of methoxy groups -OCH3 is 1. The number of carbonyl (C=O) groups excluding carboxylic acids is 3. The van der Waals surface area contributed by atoms with Crippen molar-refractivity contribution in [3.63, 3.8) is 0 Å². The Balaban J connectivity index is 0. The van der Waals surface area contributed by atoms with Gasteiger partial charge in [0.15, 0.2) is 3.79 Å². The van der Waals surface area contributed by atoms with Crippen LogP contribution in [-0.2, 0) is 19.1 Å². The summed E-state index contributed by atoms with van der Waals surface area (Å²) in [7, 11) is 1.47. The topological polar surface area (TPSA) is 63.7 Å². The van der Waals surface area contributed by atoms with Crippen molar-refractivity contribution in [1.29, 1.82) is 0 Å². The van der Waals surface area contributed by atoms with Gasteiger partial charge in [-0.25, -0.2) is 0 Å². The molecule has 0 saturated heterocycles. The third-order valence-electron chi connectivity index (χ3n) is 3.90. The number of alkyl halides is 3. The van der Waals surface area contributed by atoms with Crippen LogP contribution in [0.2, 0.25) is 0 Å². The van der Waals surface area contributed by atoms with E-state index in [1.54, 1.807) is 6.92 Å². The highest BCUT2D eigenvalue weighted by Gasteiger charge is 2.33. The normalized spacial score (nSPS) is 14.5. The predicted molar refractivity (Wildman–Crippen MR) is 117 cm³/mol. The number of amides is 2. The van der Waals surface area contributed by atoms with E-state index in [0.29, 0.717) is 18.6 Å². The van der Waals surface area contributed by atoms with Gasteiger partial charge in [0.05, 0.1) is 13.7 Å². The number of hydrogen-bond acceptors (Lipinski definition) is 4. The molecule has 1 aliphatic heterocycles. The molecule has 0 aromatic rings. The molecule has 1 atom stereocenters. The molecule has 8 heteroatoms. The summed E-state index contributed by atoms with van der Waals surface area (Å²) in [5.41, 5.74) is 0. The molecular formula is C20H34Cl3NO4. The molecule has 2 amide bonds. The molecule has 28 heavy (non-hydrogen) atoms. The average Bonchev–Trinajstić information content (AvgIpc) is 3.02. The van der Waals surface area contributed by atoms with E-state index in [2.05, 4.69) is 0 Å². The summed E-state index contributed by atoms with van der Waals surface area (Å²) in [6.45, 7) is 11.6. The Labute approximate surface area is 184 Å². The van der Waals surface area contributed by atoms with Gasteiger partial charge in [-0.05, 0) is 6.42 Å². The SMILES string of the molecule is CC.CC(C)C(Cl)(Cl)Cl.CCCC(CC(=O)CC)C(=O)N1CC(OC)=CC1=O. The maximum absolute atomic E-state index is 12.3. The lowest BCUT2D eigenvalue weighted by molar-refractivity contribution is -0.145. The Morgan fingerprint density at radius 3 is 2.04 bits per heavy atom. The predicted octanol–water partition coefficient (Wildman–Crippen LogP) is 5.71. The Morgan fingerprint density at radius 2 is 1.71 bits per heavy atom. The number of imide groups is 1. The molecule has 0 aromatic heterocycles. The van der Waals surface area contributed by atoms with Crippen molar-refractivity contribution in [2.24, 2.45) is 11.8 Å². The fraction of sp³-hybridized carbons (Fsp3) is 0.750. The van der Waals surface area contributed by atoms with Crippen molar-refractivity contribution in [3.8, 4) is 0 Å². The molecular weight excluding hydrogens is 425 g/mol. The number of ketones is 1. The van der Waals surface area contributed by atoms with Crippen molar-refractivity contribution < 1.29 is 19.1 Å². The summed E-state index contributed by atoms with van der Waals surface area (Å²) in [5.74, 6) is -0.388. The van der Waals surface area contributed by atoms with Crippen LogP contribution in [0, 0.1) is 11.8 Å². The van der Waals surface area contributed by atoms with Crippen LogP contribution in [0.5, 0.6) is 0 Å². The molecule has 0 aromatic carbocycles. The Bertz CT molecular complexity index is 528. The van der Waals surface area contributed by atoms with Gasteiger partial charge < -0.3 is 4.74 Å². The Kier molecular flexibility index (Phi) is 15.9. The largest absolute Gasteiger partial charge is 0.499 e. The van der Waals surface area contributed by atoms with Crippen LogP contribution in [-0.4, -0.2) is 39.9 Å². The highest BCUT2D eigenvalue weighted by atomic mass is 35.6. The molecule has 0 spiro atoms. The molecule has 1 heterocycles. The second-order valence-electron chi connectivity index (χ2n) is 6.36. The van der Waals surface area contributed by atoms with Gasteiger partial charge in [-0.15, -0.1) is 0 Å². The highest BCUT2D eigenvalue weighted by Crippen LogP contribution is 2.33. The first-order valence-corrected chi connectivity index (χ1v) is 10.8. The van der Waals surface area contributed by atoms with Gasteiger partial charge in [0.25, 0.3) is 5.91 Å². The zero-order valence-electron chi connectivity index (χ0n) is 18.0. The lowest BCUT2D eigenvalue weighted by Gasteiger charge is -2.21. The van der Waals surface area contributed by atoms with Crippen molar-refractivity contribution in [2.75, 3.05) is 13.7 Å². The van der Waals surface area contributed by atoms with Gasteiger partial charge in [-0.1, -0.05) is 82.8 Å². The molecule has 0 aliphatic carbocycles. The maximum Gasteiger partial charge on any atom is 0.257 e. The van der Waals surface area contributed by atoms with Crippen LogP contribution in [0.15, 0.2) is 11.8 Å². The quantitative estimate of drug-likeness (QED) is 0.458. The summed E-state index contributed by atoms with van der Waals surface area (Å²) in [6.07, 6.45) is 3.39. The minimum atomic E-state index is -1.08. The summed E-state index contributed by atoms with van der Waals surface area (Å²) in [4.78, 5) is 36.7.